The van der Waals surface area contributed by atoms with Gasteiger partial charge in [-0.2, -0.15) is 0 Å². The minimum atomic E-state index is -0.435. The lowest BCUT2D eigenvalue weighted by Gasteiger charge is -2.24. The SMILES string of the molecule is C=C[C@H](N)[C@H]1CCN(C(=O)OC(C)(C)C)C1. The first-order chi connectivity index (χ1) is 7.33. The Kier molecular flexibility index (Phi) is 3.97. The van der Waals surface area contributed by atoms with Crippen LogP contribution in [0.15, 0.2) is 12.7 Å². The van der Waals surface area contributed by atoms with Crippen LogP contribution in [-0.2, 0) is 4.74 Å². The molecule has 1 rings (SSSR count). The van der Waals surface area contributed by atoms with Gasteiger partial charge in [0.15, 0.2) is 0 Å². The molecular weight excluding hydrogens is 204 g/mol. The minimum Gasteiger partial charge on any atom is -0.444 e. The number of likely N-dealkylation sites (tertiary alicyclic amines) is 1. The van der Waals surface area contributed by atoms with Crippen LogP contribution in [0.25, 0.3) is 0 Å². The number of hydrogen-bond acceptors (Lipinski definition) is 3. The van der Waals surface area contributed by atoms with Crippen molar-refractivity contribution in [1.29, 1.82) is 0 Å². The summed E-state index contributed by atoms with van der Waals surface area (Å²) in [6, 6.07) is -0.0348. The van der Waals surface area contributed by atoms with E-state index in [4.69, 9.17) is 10.5 Å². The van der Waals surface area contributed by atoms with Crippen molar-refractivity contribution >= 4 is 6.09 Å². The summed E-state index contributed by atoms with van der Waals surface area (Å²) in [7, 11) is 0. The Hall–Kier alpha value is -1.03. The topological polar surface area (TPSA) is 55.6 Å². The third kappa shape index (κ3) is 3.52. The van der Waals surface area contributed by atoms with Crippen LogP contribution in [0.3, 0.4) is 0 Å². The molecular formula is C12H22N2O2. The molecule has 1 aliphatic rings. The Morgan fingerprint density at radius 1 is 1.62 bits per heavy atom. The largest absolute Gasteiger partial charge is 0.444 e. The van der Waals surface area contributed by atoms with Crippen LogP contribution in [0, 0.1) is 5.92 Å². The fraction of sp³-hybridized carbons (Fsp3) is 0.750. The van der Waals surface area contributed by atoms with Gasteiger partial charge in [0.2, 0.25) is 0 Å². The van der Waals surface area contributed by atoms with Gasteiger partial charge in [0, 0.05) is 19.1 Å². The van der Waals surface area contributed by atoms with Gasteiger partial charge in [-0.3, -0.25) is 0 Å². The molecule has 0 aliphatic carbocycles. The Morgan fingerprint density at radius 3 is 2.75 bits per heavy atom. The normalized spacial score (nSPS) is 23.0. The second kappa shape index (κ2) is 4.87. The van der Waals surface area contributed by atoms with Gasteiger partial charge in [-0.05, 0) is 33.1 Å². The van der Waals surface area contributed by atoms with Crippen molar-refractivity contribution in [3.63, 3.8) is 0 Å². The second-order valence-electron chi connectivity index (χ2n) is 5.29. The number of amides is 1. The van der Waals surface area contributed by atoms with Crippen LogP contribution in [0.2, 0.25) is 0 Å². The van der Waals surface area contributed by atoms with Crippen molar-refractivity contribution < 1.29 is 9.53 Å². The molecule has 16 heavy (non-hydrogen) atoms. The van der Waals surface area contributed by atoms with Gasteiger partial charge in [0.05, 0.1) is 0 Å². The van der Waals surface area contributed by atoms with E-state index in [2.05, 4.69) is 6.58 Å². The summed E-state index contributed by atoms with van der Waals surface area (Å²) < 4.78 is 5.30. The molecule has 92 valence electrons. The van der Waals surface area contributed by atoms with E-state index >= 15 is 0 Å². The lowest BCUT2D eigenvalue weighted by Crippen LogP contribution is -2.37. The summed E-state index contributed by atoms with van der Waals surface area (Å²) in [4.78, 5) is 13.5. The molecule has 0 unspecified atom stereocenters. The molecule has 4 heteroatoms. The maximum absolute atomic E-state index is 11.8. The molecule has 1 saturated heterocycles. The summed E-state index contributed by atoms with van der Waals surface area (Å²) in [5, 5.41) is 0. The van der Waals surface area contributed by atoms with E-state index in [1.54, 1.807) is 11.0 Å². The Balaban J connectivity index is 2.47. The molecule has 4 nitrogen and oxygen atoms in total. The molecule has 1 fully saturated rings. The molecule has 0 saturated carbocycles. The van der Waals surface area contributed by atoms with Gasteiger partial charge in [-0.1, -0.05) is 6.08 Å². The lowest BCUT2D eigenvalue weighted by molar-refractivity contribution is 0.0287. The smallest absolute Gasteiger partial charge is 0.410 e. The van der Waals surface area contributed by atoms with Crippen molar-refractivity contribution in [2.24, 2.45) is 11.7 Å². The lowest BCUT2D eigenvalue weighted by atomic mass is 10.0. The highest BCUT2D eigenvalue weighted by molar-refractivity contribution is 5.68. The molecule has 2 N–H and O–H groups in total. The number of carbonyl (C=O) groups is 1. The van der Waals surface area contributed by atoms with Crippen LogP contribution in [0.5, 0.6) is 0 Å². The molecule has 0 bridgehead atoms. The van der Waals surface area contributed by atoms with Crippen LogP contribution in [0.1, 0.15) is 27.2 Å². The van der Waals surface area contributed by atoms with Gasteiger partial charge < -0.3 is 15.4 Å². The minimum absolute atomic E-state index is 0.0348. The van der Waals surface area contributed by atoms with Crippen LogP contribution in [0.4, 0.5) is 4.79 Å². The second-order valence-corrected chi connectivity index (χ2v) is 5.29. The summed E-state index contributed by atoms with van der Waals surface area (Å²) in [6.45, 7) is 10.7. The molecule has 0 spiro atoms. The summed E-state index contributed by atoms with van der Waals surface area (Å²) in [5.74, 6) is 0.310. The Labute approximate surface area is 97.4 Å². The van der Waals surface area contributed by atoms with Gasteiger partial charge in [-0.15, -0.1) is 6.58 Å². The summed E-state index contributed by atoms with van der Waals surface area (Å²) >= 11 is 0. The van der Waals surface area contributed by atoms with Crippen molar-refractivity contribution in [2.45, 2.75) is 38.8 Å². The monoisotopic (exact) mass is 226 g/mol. The standard InChI is InChI=1S/C12H22N2O2/c1-5-10(13)9-6-7-14(8-9)11(15)16-12(2,3)4/h5,9-10H,1,6-8,13H2,2-4H3/t9-,10-/m0/s1. The van der Waals surface area contributed by atoms with Gasteiger partial charge in [0.1, 0.15) is 5.60 Å². The number of ether oxygens (including phenoxy) is 1. The Bertz CT molecular complexity index is 271. The van der Waals surface area contributed by atoms with E-state index in [9.17, 15) is 4.79 Å². The summed E-state index contributed by atoms with van der Waals surface area (Å²) in [5.41, 5.74) is 5.44. The van der Waals surface area contributed by atoms with Crippen LogP contribution in [-0.4, -0.2) is 35.7 Å². The first kappa shape index (κ1) is 13.0. The highest BCUT2D eigenvalue weighted by Gasteiger charge is 2.31. The highest BCUT2D eigenvalue weighted by atomic mass is 16.6. The molecule has 0 aromatic rings. The zero-order chi connectivity index (χ0) is 12.3. The predicted molar refractivity (Wildman–Crippen MR) is 64.1 cm³/mol. The van der Waals surface area contributed by atoms with Gasteiger partial charge >= 0.3 is 6.09 Å². The van der Waals surface area contributed by atoms with Crippen molar-refractivity contribution in [3.05, 3.63) is 12.7 Å². The van der Waals surface area contributed by atoms with E-state index in [-0.39, 0.29) is 12.1 Å². The quantitative estimate of drug-likeness (QED) is 0.730. The van der Waals surface area contributed by atoms with Gasteiger partial charge in [0.25, 0.3) is 0 Å². The average molecular weight is 226 g/mol. The molecule has 1 aliphatic heterocycles. The zero-order valence-corrected chi connectivity index (χ0v) is 10.4. The van der Waals surface area contributed by atoms with Crippen LogP contribution < -0.4 is 5.73 Å². The first-order valence-corrected chi connectivity index (χ1v) is 5.69. The van der Waals surface area contributed by atoms with E-state index in [1.165, 1.54) is 0 Å². The highest BCUT2D eigenvalue weighted by Crippen LogP contribution is 2.21. The van der Waals surface area contributed by atoms with E-state index in [0.717, 1.165) is 13.0 Å². The van der Waals surface area contributed by atoms with E-state index in [1.807, 2.05) is 20.8 Å². The van der Waals surface area contributed by atoms with E-state index < -0.39 is 5.60 Å². The number of rotatable bonds is 2. The molecule has 2 atom stereocenters. The average Bonchev–Trinajstić information content (AvgIpc) is 2.62. The third-order valence-electron chi connectivity index (χ3n) is 2.69. The number of nitrogens with two attached hydrogens (primary N) is 1. The maximum atomic E-state index is 11.8. The zero-order valence-electron chi connectivity index (χ0n) is 10.4. The third-order valence-corrected chi connectivity index (χ3v) is 2.69. The molecule has 0 aromatic heterocycles. The maximum Gasteiger partial charge on any atom is 0.410 e. The fourth-order valence-corrected chi connectivity index (χ4v) is 1.79. The molecule has 0 radical (unpaired) electrons. The number of carbonyl (C=O) groups excluding carboxylic acids is 1. The molecule has 0 aromatic carbocycles. The fourth-order valence-electron chi connectivity index (χ4n) is 1.79. The van der Waals surface area contributed by atoms with Crippen LogP contribution >= 0.6 is 0 Å². The number of hydrogen-bond donors (Lipinski definition) is 1. The predicted octanol–water partition coefficient (Wildman–Crippen LogP) is 1.76. The molecule has 1 heterocycles. The van der Waals surface area contributed by atoms with E-state index in [0.29, 0.717) is 12.5 Å². The van der Waals surface area contributed by atoms with Crippen molar-refractivity contribution in [1.82, 2.24) is 4.90 Å². The number of nitrogens with zero attached hydrogens (tertiary/aromatic N) is 1. The van der Waals surface area contributed by atoms with Crippen molar-refractivity contribution in [3.8, 4) is 0 Å². The summed E-state index contributed by atoms with van der Waals surface area (Å²) in [6.07, 6.45) is 2.42. The van der Waals surface area contributed by atoms with Crippen molar-refractivity contribution in [2.75, 3.05) is 13.1 Å². The van der Waals surface area contributed by atoms with Gasteiger partial charge in [-0.25, -0.2) is 4.79 Å². The molecule has 1 amide bonds. The first-order valence-electron chi connectivity index (χ1n) is 5.69. The Morgan fingerprint density at radius 2 is 2.25 bits per heavy atom.